The molecule has 1 aromatic carbocycles. The Morgan fingerprint density at radius 1 is 1.18 bits per heavy atom. The Bertz CT molecular complexity index is 346. The van der Waals surface area contributed by atoms with Crippen LogP contribution in [-0.4, -0.2) is 12.1 Å². The van der Waals surface area contributed by atoms with Gasteiger partial charge in [-0.3, -0.25) is 0 Å². The second-order valence-corrected chi connectivity index (χ2v) is 5.13. The van der Waals surface area contributed by atoms with E-state index in [9.17, 15) is 0 Å². The normalized spacial score (nSPS) is 12.0. The van der Waals surface area contributed by atoms with Crippen molar-refractivity contribution in [3.05, 3.63) is 42.0 Å². The van der Waals surface area contributed by atoms with Crippen LogP contribution in [0, 0.1) is 0 Å². The predicted molar refractivity (Wildman–Crippen MR) is 73.3 cm³/mol. The fourth-order valence-electron chi connectivity index (χ4n) is 1.31. The zero-order chi connectivity index (χ0) is 12.7. The Morgan fingerprint density at radius 2 is 1.82 bits per heavy atom. The molecule has 0 aromatic heterocycles. The molecule has 0 saturated heterocycles. The molecule has 0 aliphatic carbocycles. The first-order valence-corrected chi connectivity index (χ1v) is 6.09. The van der Waals surface area contributed by atoms with Crippen molar-refractivity contribution >= 4 is 0 Å². The third-order valence-electron chi connectivity index (χ3n) is 2.33. The highest BCUT2D eigenvalue weighted by Crippen LogP contribution is 2.13. The van der Waals surface area contributed by atoms with Crippen molar-refractivity contribution in [2.75, 3.05) is 6.61 Å². The third-order valence-corrected chi connectivity index (χ3v) is 2.33. The molecule has 0 aliphatic heterocycles. The van der Waals surface area contributed by atoms with E-state index in [-0.39, 0.29) is 5.54 Å². The van der Waals surface area contributed by atoms with Crippen LogP contribution in [0.4, 0.5) is 0 Å². The summed E-state index contributed by atoms with van der Waals surface area (Å²) < 4.78 is 5.54. The molecule has 0 heterocycles. The summed E-state index contributed by atoms with van der Waals surface area (Å²) in [7, 11) is 0. The van der Waals surface area contributed by atoms with Gasteiger partial charge in [-0.2, -0.15) is 0 Å². The summed E-state index contributed by atoms with van der Waals surface area (Å²) in [5.41, 5.74) is 1.43. The first kappa shape index (κ1) is 13.8. The highest BCUT2D eigenvalue weighted by atomic mass is 16.5. The molecule has 0 unspecified atom stereocenters. The number of hydrogen-bond donors (Lipinski definition) is 1. The van der Waals surface area contributed by atoms with Crippen LogP contribution < -0.4 is 10.1 Å². The van der Waals surface area contributed by atoms with Gasteiger partial charge >= 0.3 is 0 Å². The first-order valence-electron chi connectivity index (χ1n) is 6.09. The Labute approximate surface area is 105 Å². The molecule has 1 rings (SSSR count). The van der Waals surface area contributed by atoms with E-state index in [1.54, 1.807) is 0 Å². The van der Waals surface area contributed by atoms with Gasteiger partial charge in [-0.25, -0.2) is 0 Å². The Kier molecular flexibility index (Phi) is 5.23. The van der Waals surface area contributed by atoms with Gasteiger partial charge in [0, 0.05) is 12.1 Å². The molecule has 0 radical (unpaired) electrons. The molecule has 0 spiro atoms. The molecule has 0 atom stereocenters. The standard InChI is InChI=1S/C15H23NO/c1-5-6-11-17-14-9-7-13(8-10-14)12-16-15(2,3)4/h5-10,16H,11-12H2,1-4H3/b6-5+. The van der Waals surface area contributed by atoms with Crippen LogP contribution in [-0.2, 0) is 6.54 Å². The smallest absolute Gasteiger partial charge is 0.119 e. The molecule has 1 N–H and O–H groups in total. The minimum absolute atomic E-state index is 0.154. The van der Waals surface area contributed by atoms with Gasteiger partial charge in [-0.1, -0.05) is 24.3 Å². The maximum absolute atomic E-state index is 5.54. The molecule has 0 aliphatic rings. The molecule has 0 amide bonds. The van der Waals surface area contributed by atoms with E-state index in [1.165, 1.54) is 5.56 Å². The van der Waals surface area contributed by atoms with Crippen molar-refractivity contribution in [2.45, 2.75) is 39.8 Å². The number of allylic oxidation sites excluding steroid dienone is 1. The minimum Gasteiger partial charge on any atom is -0.490 e. The van der Waals surface area contributed by atoms with Crippen LogP contribution in [0.1, 0.15) is 33.3 Å². The fourth-order valence-corrected chi connectivity index (χ4v) is 1.31. The third kappa shape index (κ3) is 6.12. The Morgan fingerprint density at radius 3 is 2.35 bits per heavy atom. The Hall–Kier alpha value is -1.28. The quantitative estimate of drug-likeness (QED) is 0.786. The number of hydrogen-bond acceptors (Lipinski definition) is 2. The predicted octanol–water partition coefficient (Wildman–Crippen LogP) is 3.53. The summed E-state index contributed by atoms with van der Waals surface area (Å²) in [6.45, 7) is 10.0. The van der Waals surface area contributed by atoms with Crippen LogP contribution in [0.2, 0.25) is 0 Å². The van der Waals surface area contributed by atoms with Gasteiger partial charge in [0.05, 0.1) is 0 Å². The maximum Gasteiger partial charge on any atom is 0.119 e. The molecule has 94 valence electrons. The van der Waals surface area contributed by atoms with E-state index in [0.29, 0.717) is 6.61 Å². The van der Waals surface area contributed by atoms with Crippen LogP contribution in [0.5, 0.6) is 5.75 Å². The highest BCUT2D eigenvalue weighted by molar-refractivity contribution is 5.27. The van der Waals surface area contributed by atoms with Crippen LogP contribution >= 0.6 is 0 Å². The van der Waals surface area contributed by atoms with Gasteiger partial charge in [-0.15, -0.1) is 0 Å². The van der Waals surface area contributed by atoms with Crippen molar-refractivity contribution < 1.29 is 4.74 Å². The summed E-state index contributed by atoms with van der Waals surface area (Å²) in [4.78, 5) is 0. The monoisotopic (exact) mass is 233 g/mol. The second kappa shape index (κ2) is 6.45. The number of benzene rings is 1. The summed E-state index contributed by atoms with van der Waals surface area (Å²) in [5.74, 6) is 0.919. The molecule has 2 heteroatoms. The number of rotatable bonds is 5. The first-order chi connectivity index (χ1) is 8.01. The molecule has 0 fully saturated rings. The van der Waals surface area contributed by atoms with Crippen molar-refractivity contribution in [1.82, 2.24) is 5.32 Å². The van der Waals surface area contributed by atoms with Crippen molar-refractivity contribution in [1.29, 1.82) is 0 Å². The fraction of sp³-hybridized carbons (Fsp3) is 0.467. The molecule has 1 aromatic rings. The lowest BCUT2D eigenvalue weighted by Gasteiger charge is -2.20. The van der Waals surface area contributed by atoms with E-state index < -0.39 is 0 Å². The van der Waals surface area contributed by atoms with E-state index >= 15 is 0 Å². The second-order valence-electron chi connectivity index (χ2n) is 5.13. The summed E-state index contributed by atoms with van der Waals surface area (Å²) >= 11 is 0. The number of nitrogens with one attached hydrogen (secondary N) is 1. The topological polar surface area (TPSA) is 21.3 Å². The van der Waals surface area contributed by atoms with Gasteiger partial charge in [0.15, 0.2) is 0 Å². The lowest BCUT2D eigenvalue weighted by Crippen LogP contribution is -2.34. The molecular weight excluding hydrogens is 210 g/mol. The van der Waals surface area contributed by atoms with E-state index in [4.69, 9.17) is 4.74 Å². The zero-order valence-electron chi connectivity index (χ0n) is 11.3. The van der Waals surface area contributed by atoms with Gasteiger partial charge in [0.1, 0.15) is 12.4 Å². The number of ether oxygens (including phenoxy) is 1. The molecule has 0 saturated carbocycles. The van der Waals surface area contributed by atoms with Gasteiger partial charge in [-0.05, 0) is 45.4 Å². The van der Waals surface area contributed by atoms with Crippen molar-refractivity contribution in [3.8, 4) is 5.75 Å². The molecule has 0 bridgehead atoms. The highest BCUT2D eigenvalue weighted by Gasteiger charge is 2.07. The Balaban J connectivity index is 2.44. The van der Waals surface area contributed by atoms with Gasteiger partial charge in [0.25, 0.3) is 0 Å². The van der Waals surface area contributed by atoms with E-state index in [0.717, 1.165) is 12.3 Å². The van der Waals surface area contributed by atoms with Gasteiger partial charge < -0.3 is 10.1 Å². The van der Waals surface area contributed by atoms with Crippen LogP contribution in [0.25, 0.3) is 0 Å². The largest absolute Gasteiger partial charge is 0.490 e. The lowest BCUT2D eigenvalue weighted by atomic mass is 10.1. The van der Waals surface area contributed by atoms with Crippen molar-refractivity contribution in [3.63, 3.8) is 0 Å². The SMILES string of the molecule is C/C=C/COc1ccc(CNC(C)(C)C)cc1. The van der Waals surface area contributed by atoms with Crippen LogP contribution in [0.3, 0.4) is 0 Å². The lowest BCUT2D eigenvalue weighted by molar-refractivity contribution is 0.362. The average molecular weight is 233 g/mol. The molecule has 2 nitrogen and oxygen atoms in total. The summed E-state index contributed by atoms with van der Waals surface area (Å²) in [6.07, 6.45) is 3.98. The van der Waals surface area contributed by atoms with E-state index in [2.05, 4.69) is 38.2 Å². The summed E-state index contributed by atoms with van der Waals surface area (Å²) in [6, 6.07) is 8.24. The van der Waals surface area contributed by atoms with E-state index in [1.807, 2.05) is 31.2 Å². The average Bonchev–Trinajstić information content (AvgIpc) is 2.27. The summed E-state index contributed by atoms with van der Waals surface area (Å²) in [5, 5.41) is 3.46. The zero-order valence-corrected chi connectivity index (χ0v) is 11.3. The molecule has 17 heavy (non-hydrogen) atoms. The molecular formula is C15H23NO. The van der Waals surface area contributed by atoms with Crippen molar-refractivity contribution in [2.24, 2.45) is 0 Å². The minimum atomic E-state index is 0.154. The maximum atomic E-state index is 5.54. The van der Waals surface area contributed by atoms with Crippen LogP contribution in [0.15, 0.2) is 36.4 Å². The van der Waals surface area contributed by atoms with Gasteiger partial charge in [0.2, 0.25) is 0 Å².